The van der Waals surface area contributed by atoms with Crippen LogP contribution in [-0.2, 0) is 17.7 Å². The molecule has 4 saturated carbocycles. The first-order valence-corrected chi connectivity index (χ1v) is 11.4. The summed E-state index contributed by atoms with van der Waals surface area (Å²) in [5.41, 5.74) is 4.35. The minimum atomic E-state index is -0.260. The van der Waals surface area contributed by atoms with E-state index in [4.69, 9.17) is 4.74 Å². The predicted octanol–water partition coefficient (Wildman–Crippen LogP) is 5.02. The van der Waals surface area contributed by atoms with E-state index in [1.807, 2.05) is 25.1 Å². The lowest BCUT2D eigenvalue weighted by atomic mass is 9.48. The predicted molar refractivity (Wildman–Crippen MR) is 116 cm³/mol. The Hall–Kier alpha value is -2.43. The van der Waals surface area contributed by atoms with Gasteiger partial charge in [0.25, 0.3) is 0 Å². The van der Waals surface area contributed by atoms with E-state index in [0.29, 0.717) is 24.1 Å². The molecule has 0 aliphatic heterocycles. The van der Waals surface area contributed by atoms with Crippen LogP contribution in [0, 0.1) is 23.2 Å². The fourth-order valence-corrected chi connectivity index (χ4v) is 6.76. The topological polar surface area (TPSA) is 64.1 Å². The number of aromatic nitrogens is 2. The molecule has 0 amide bonds. The standard InChI is InChI=1S/C25H31N3O2/c1-2-30-24(29)20-3-4-21(23(10-20)27-15-22-5-6-26-16-28-22)14-25-11-17-7-18(12-25)9-19(8-17)13-25/h3-6,10,16-19,27H,2,7-9,11-15H2,1H3. The molecule has 4 aliphatic rings. The van der Waals surface area contributed by atoms with E-state index < -0.39 is 0 Å². The van der Waals surface area contributed by atoms with Crippen molar-refractivity contribution in [2.24, 2.45) is 23.2 Å². The largest absolute Gasteiger partial charge is 0.462 e. The van der Waals surface area contributed by atoms with Crippen molar-refractivity contribution in [3.05, 3.63) is 53.6 Å². The molecule has 1 aromatic heterocycles. The molecule has 1 N–H and O–H groups in total. The number of carbonyl (C=O) groups is 1. The molecule has 1 heterocycles. The summed E-state index contributed by atoms with van der Waals surface area (Å²) in [6, 6.07) is 7.97. The van der Waals surface area contributed by atoms with Crippen LogP contribution in [0.5, 0.6) is 0 Å². The minimum absolute atomic E-state index is 0.260. The van der Waals surface area contributed by atoms with Crippen molar-refractivity contribution < 1.29 is 9.53 Å². The molecule has 0 spiro atoms. The van der Waals surface area contributed by atoms with Crippen molar-refractivity contribution in [3.63, 3.8) is 0 Å². The smallest absolute Gasteiger partial charge is 0.338 e. The Bertz CT molecular complexity index is 877. The highest BCUT2D eigenvalue weighted by Gasteiger charge is 2.50. The third-order valence-corrected chi connectivity index (χ3v) is 7.45. The number of ether oxygens (including phenoxy) is 1. The normalized spacial score (nSPS) is 29.0. The van der Waals surface area contributed by atoms with Crippen molar-refractivity contribution in [1.82, 2.24) is 9.97 Å². The molecule has 1 aromatic carbocycles. The second kappa shape index (κ2) is 8.01. The van der Waals surface area contributed by atoms with Crippen LogP contribution >= 0.6 is 0 Å². The van der Waals surface area contributed by atoms with Crippen LogP contribution in [-0.4, -0.2) is 22.5 Å². The Morgan fingerprint density at radius 2 is 1.87 bits per heavy atom. The van der Waals surface area contributed by atoms with E-state index in [-0.39, 0.29) is 5.97 Å². The Morgan fingerprint density at radius 3 is 2.50 bits per heavy atom. The van der Waals surface area contributed by atoms with Crippen molar-refractivity contribution >= 4 is 11.7 Å². The van der Waals surface area contributed by atoms with Gasteiger partial charge in [0.2, 0.25) is 0 Å². The molecule has 0 atom stereocenters. The lowest BCUT2D eigenvalue weighted by molar-refractivity contribution is -0.0521. The number of esters is 1. The number of hydrogen-bond acceptors (Lipinski definition) is 5. The summed E-state index contributed by atoms with van der Waals surface area (Å²) < 4.78 is 5.23. The Balaban J connectivity index is 1.41. The van der Waals surface area contributed by atoms with Crippen LogP contribution in [0.25, 0.3) is 0 Å². The maximum Gasteiger partial charge on any atom is 0.338 e. The first-order chi connectivity index (χ1) is 14.6. The van der Waals surface area contributed by atoms with Gasteiger partial charge in [-0.25, -0.2) is 14.8 Å². The first-order valence-electron chi connectivity index (χ1n) is 11.4. The molecule has 0 unspecified atom stereocenters. The SMILES string of the molecule is CCOC(=O)c1ccc(CC23CC4CC(CC(C4)C2)C3)c(NCc2ccncn2)c1. The van der Waals surface area contributed by atoms with E-state index in [0.717, 1.165) is 35.6 Å². The quantitative estimate of drug-likeness (QED) is 0.655. The lowest BCUT2D eigenvalue weighted by Crippen LogP contribution is -2.47. The van der Waals surface area contributed by atoms with Gasteiger partial charge >= 0.3 is 5.97 Å². The molecule has 158 valence electrons. The number of carbonyl (C=O) groups excluding carboxylic acids is 1. The zero-order valence-corrected chi connectivity index (χ0v) is 17.8. The van der Waals surface area contributed by atoms with Crippen molar-refractivity contribution in [2.75, 3.05) is 11.9 Å². The second-order valence-electron chi connectivity index (χ2n) is 9.74. The molecule has 5 heteroatoms. The molecule has 6 rings (SSSR count). The summed E-state index contributed by atoms with van der Waals surface area (Å²) >= 11 is 0. The van der Waals surface area contributed by atoms with Crippen LogP contribution in [0.4, 0.5) is 5.69 Å². The van der Waals surface area contributed by atoms with Gasteiger partial charge in [0, 0.05) is 11.9 Å². The van der Waals surface area contributed by atoms with Gasteiger partial charge < -0.3 is 10.1 Å². The highest BCUT2D eigenvalue weighted by atomic mass is 16.5. The molecule has 30 heavy (non-hydrogen) atoms. The number of benzene rings is 1. The van der Waals surface area contributed by atoms with Crippen molar-refractivity contribution in [2.45, 2.75) is 58.4 Å². The van der Waals surface area contributed by atoms with Gasteiger partial charge in [-0.2, -0.15) is 0 Å². The average molecular weight is 406 g/mol. The molecule has 0 saturated heterocycles. The maximum absolute atomic E-state index is 12.3. The highest BCUT2D eigenvalue weighted by Crippen LogP contribution is 2.61. The average Bonchev–Trinajstić information content (AvgIpc) is 2.72. The summed E-state index contributed by atoms with van der Waals surface area (Å²) in [6.45, 7) is 2.84. The van der Waals surface area contributed by atoms with Crippen LogP contribution in [0.15, 0.2) is 36.8 Å². The monoisotopic (exact) mass is 405 g/mol. The fraction of sp³-hybridized carbons (Fsp3) is 0.560. The van der Waals surface area contributed by atoms with E-state index in [1.165, 1.54) is 44.1 Å². The van der Waals surface area contributed by atoms with Crippen LogP contribution in [0.3, 0.4) is 0 Å². The molecule has 4 aliphatic carbocycles. The maximum atomic E-state index is 12.3. The number of hydrogen-bond donors (Lipinski definition) is 1. The third-order valence-electron chi connectivity index (χ3n) is 7.45. The van der Waals surface area contributed by atoms with E-state index in [2.05, 4.69) is 21.4 Å². The molecule has 5 nitrogen and oxygen atoms in total. The van der Waals surface area contributed by atoms with Gasteiger partial charge in [0.15, 0.2) is 0 Å². The Kier molecular flexibility index (Phi) is 5.21. The number of anilines is 1. The van der Waals surface area contributed by atoms with Crippen LogP contribution in [0.1, 0.15) is 67.1 Å². The molecular weight excluding hydrogens is 374 g/mol. The summed E-state index contributed by atoms with van der Waals surface area (Å²) in [5, 5.41) is 3.55. The van der Waals surface area contributed by atoms with Gasteiger partial charge in [-0.3, -0.25) is 0 Å². The zero-order chi connectivity index (χ0) is 20.6. The van der Waals surface area contributed by atoms with Crippen LogP contribution in [0.2, 0.25) is 0 Å². The van der Waals surface area contributed by atoms with Gasteiger partial charge in [-0.15, -0.1) is 0 Å². The fourth-order valence-electron chi connectivity index (χ4n) is 6.76. The Labute approximate surface area is 178 Å². The number of nitrogens with one attached hydrogen (secondary N) is 1. The molecule has 0 radical (unpaired) electrons. The number of rotatable bonds is 7. The summed E-state index contributed by atoms with van der Waals surface area (Å²) in [5.74, 6) is 2.55. The highest BCUT2D eigenvalue weighted by molar-refractivity contribution is 5.90. The van der Waals surface area contributed by atoms with E-state index >= 15 is 0 Å². The van der Waals surface area contributed by atoms with Gasteiger partial charge in [-0.1, -0.05) is 6.07 Å². The Morgan fingerprint density at radius 1 is 1.13 bits per heavy atom. The number of nitrogens with zero attached hydrogens (tertiary/aromatic N) is 2. The zero-order valence-electron chi connectivity index (χ0n) is 17.8. The molecule has 4 fully saturated rings. The van der Waals surface area contributed by atoms with Crippen LogP contribution < -0.4 is 5.32 Å². The first kappa shape index (κ1) is 19.5. The molecule has 2 aromatic rings. The summed E-state index contributed by atoms with van der Waals surface area (Å²) in [4.78, 5) is 20.6. The summed E-state index contributed by atoms with van der Waals surface area (Å²) in [6.07, 6.45) is 12.9. The van der Waals surface area contributed by atoms with Crippen molar-refractivity contribution in [1.29, 1.82) is 0 Å². The van der Waals surface area contributed by atoms with Gasteiger partial charge in [0.05, 0.1) is 24.4 Å². The molecule has 4 bridgehead atoms. The van der Waals surface area contributed by atoms with Gasteiger partial charge in [0.1, 0.15) is 6.33 Å². The lowest BCUT2D eigenvalue weighted by Gasteiger charge is -2.57. The summed E-state index contributed by atoms with van der Waals surface area (Å²) in [7, 11) is 0. The van der Waals surface area contributed by atoms with Crippen molar-refractivity contribution in [3.8, 4) is 0 Å². The molecular formula is C25H31N3O2. The third kappa shape index (κ3) is 3.94. The van der Waals surface area contributed by atoms with E-state index in [9.17, 15) is 4.79 Å². The minimum Gasteiger partial charge on any atom is -0.462 e. The second-order valence-corrected chi connectivity index (χ2v) is 9.74. The van der Waals surface area contributed by atoms with Gasteiger partial charge in [-0.05, 0) is 98.8 Å². The van der Waals surface area contributed by atoms with E-state index in [1.54, 1.807) is 12.5 Å².